The van der Waals surface area contributed by atoms with Crippen LogP contribution in [0.25, 0.3) is 0 Å². The van der Waals surface area contributed by atoms with Crippen LogP contribution in [0.3, 0.4) is 0 Å². The Bertz CT molecular complexity index is 393. The van der Waals surface area contributed by atoms with Crippen molar-refractivity contribution in [3.05, 3.63) is 35.6 Å². The molecule has 1 heterocycles. The van der Waals surface area contributed by atoms with Crippen molar-refractivity contribution in [1.82, 2.24) is 5.32 Å². The molecule has 0 aromatic heterocycles. The van der Waals surface area contributed by atoms with Gasteiger partial charge in [0.1, 0.15) is 5.82 Å². The van der Waals surface area contributed by atoms with Crippen LogP contribution in [0.1, 0.15) is 24.5 Å². The third-order valence-electron chi connectivity index (χ3n) is 2.85. The summed E-state index contributed by atoms with van der Waals surface area (Å²) in [6.07, 6.45) is 0.0676. The molecule has 0 aliphatic carbocycles. The van der Waals surface area contributed by atoms with E-state index in [9.17, 15) is 9.18 Å². The van der Waals surface area contributed by atoms with Gasteiger partial charge in [-0.05, 0) is 30.5 Å². The summed E-state index contributed by atoms with van der Waals surface area (Å²) in [6.45, 7) is 0.507. The molecule has 1 aliphatic heterocycles. The van der Waals surface area contributed by atoms with Gasteiger partial charge in [-0.25, -0.2) is 9.18 Å². The van der Waals surface area contributed by atoms with Crippen LogP contribution in [0.2, 0.25) is 0 Å². The molecule has 0 radical (unpaired) electrons. The lowest BCUT2D eigenvalue weighted by Gasteiger charge is -2.29. The number of ether oxygens (including phenoxy) is 1. The molecule has 1 amide bonds. The Morgan fingerprint density at radius 2 is 2.12 bits per heavy atom. The molecular formula is C12H14FNO3. The first kappa shape index (κ1) is 11.9. The van der Waals surface area contributed by atoms with E-state index in [2.05, 4.69) is 5.32 Å². The van der Waals surface area contributed by atoms with Crippen LogP contribution in [0, 0.1) is 5.82 Å². The molecule has 4 nitrogen and oxygen atoms in total. The molecule has 17 heavy (non-hydrogen) atoms. The predicted molar refractivity (Wildman–Crippen MR) is 59.3 cm³/mol. The maximum atomic E-state index is 12.8. The van der Waals surface area contributed by atoms with Crippen molar-refractivity contribution in [2.24, 2.45) is 0 Å². The average molecular weight is 239 g/mol. The standard InChI is InChI=1S/C12H14FNO3/c13-9-3-1-8(2-4-9)11-7-10(5-6-17-11)14-12(15)16/h1-4,10-11,14H,5-7H2,(H,15,16)/t10-,11+/m1/s1. The van der Waals surface area contributed by atoms with Crippen LogP contribution in [-0.4, -0.2) is 23.8 Å². The van der Waals surface area contributed by atoms with Gasteiger partial charge >= 0.3 is 6.09 Å². The van der Waals surface area contributed by atoms with E-state index >= 15 is 0 Å². The topological polar surface area (TPSA) is 58.6 Å². The van der Waals surface area contributed by atoms with Gasteiger partial charge in [0.25, 0.3) is 0 Å². The number of carbonyl (C=O) groups is 1. The Hall–Kier alpha value is -1.62. The zero-order chi connectivity index (χ0) is 12.3. The summed E-state index contributed by atoms with van der Waals surface area (Å²) in [5, 5.41) is 11.1. The molecule has 0 saturated carbocycles. The summed E-state index contributed by atoms with van der Waals surface area (Å²) in [5.74, 6) is -0.287. The minimum atomic E-state index is -1.02. The van der Waals surface area contributed by atoms with Crippen LogP contribution in [0.4, 0.5) is 9.18 Å². The summed E-state index contributed by atoms with van der Waals surface area (Å²) >= 11 is 0. The first-order chi connectivity index (χ1) is 8.15. The molecule has 1 aromatic rings. The fourth-order valence-electron chi connectivity index (χ4n) is 2.01. The largest absolute Gasteiger partial charge is 0.465 e. The van der Waals surface area contributed by atoms with Gasteiger partial charge in [0.2, 0.25) is 0 Å². The number of benzene rings is 1. The van der Waals surface area contributed by atoms with Crippen molar-refractivity contribution in [2.45, 2.75) is 25.0 Å². The second-order valence-corrected chi connectivity index (χ2v) is 4.08. The Morgan fingerprint density at radius 1 is 1.41 bits per heavy atom. The van der Waals surface area contributed by atoms with Crippen molar-refractivity contribution in [1.29, 1.82) is 0 Å². The highest BCUT2D eigenvalue weighted by atomic mass is 19.1. The molecule has 1 aromatic carbocycles. The molecule has 0 bridgehead atoms. The van der Waals surface area contributed by atoms with Gasteiger partial charge in [0.05, 0.1) is 6.10 Å². The van der Waals surface area contributed by atoms with Gasteiger partial charge in [-0.2, -0.15) is 0 Å². The monoisotopic (exact) mass is 239 g/mol. The van der Waals surface area contributed by atoms with Gasteiger partial charge in [0, 0.05) is 12.6 Å². The Morgan fingerprint density at radius 3 is 2.76 bits per heavy atom. The lowest BCUT2D eigenvalue weighted by Crippen LogP contribution is -2.39. The van der Waals surface area contributed by atoms with Crippen LogP contribution in [0.5, 0.6) is 0 Å². The lowest BCUT2D eigenvalue weighted by molar-refractivity contribution is 0.00109. The van der Waals surface area contributed by atoms with E-state index in [1.165, 1.54) is 12.1 Å². The van der Waals surface area contributed by atoms with Gasteiger partial charge in [-0.3, -0.25) is 0 Å². The van der Waals surface area contributed by atoms with E-state index in [1.807, 2.05) is 0 Å². The molecular weight excluding hydrogens is 225 g/mol. The number of halogens is 1. The third kappa shape index (κ3) is 3.17. The van der Waals surface area contributed by atoms with Crippen LogP contribution >= 0.6 is 0 Å². The Balaban J connectivity index is 2.01. The summed E-state index contributed by atoms with van der Waals surface area (Å²) in [7, 11) is 0. The molecule has 0 spiro atoms. The van der Waals surface area contributed by atoms with Crippen molar-refractivity contribution < 1.29 is 19.0 Å². The van der Waals surface area contributed by atoms with Crippen molar-refractivity contribution in [2.75, 3.05) is 6.61 Å². The Labute approximate surface area is 98.4 Å². The van der Waals surface area contributed by atoms with Gasteiger partial charge < -0.3 is 15.2 Å². The second-order valence-electron chi connectivity index (χ2n) is 4.08. The molecule has 1 saturated heterocycles. The lowest BCUT2D eigenvalue weighted by atomic mass is 9.97. The number of amides is 1. The highest BCUT2D eigenvalue weighted by Gasteiger charge is 2.24. The van der Waals surface area contributed by atoms with Gasteiger partial charge in [-0.15, -0.1) is 0 Å². The molecule has 2 N–H and O–H groups in total. The van der Waals surface area contributed by atoms with Gasteiger partial charge in [0.15, 0.2) is 0 Å². The maximum absolute atomic E-state index is 12.8. The predicted octanol–water partition coefficient (Wildman–Crippen LogP) is 2.31. The summed E-state index contributed by atoms with van der Waals surface area (Å²) in [6, 6.07) is 6.00. The number of hydrogen-bond acceptors (Lipinski definition) is 2. The van der Waals surface area contributed by atoms with Crippen molar-refractivity contribution in [3.8, 4) is 0 Å². The first-order valence-electron chi connectivity index (χ1n) is 5.51. The fourth-order valence-corrected chi connectivity index (χ4v) is 2.01. The quantitative estimate of drug-likeness (QED) is 0.832. The van der Waals surface area contributed by atoms with E-state index in [1.54, 1.807) is 12.1 Å². The Kier molecular flexibility index (Phi) is 3.58. The molecule has 2 atom stereocenters. The number of nitrogens with one attached hydrogen (secondary N) is 1. The van der Waals surface area contributed by atoms with E-state index in [0.29, 0.717) is 19.4 Å². The molecule has 1 aliphatic rings. The van der Waals surface area contributed by atoms with Gasteiger partial charge in [-0.1, -0.05) is 12.1 Å². The van der Waals surface area contributed by atoms with Crippen molar-refractivity contribution in [3.63, 3.8) is 0 Å². The minimum absolute atomic E-state index is 0.101. The van der Waals surface area contributed by atoms with Crippen molar-refractivity contribution >= 4 is 6.09 Å². The number of hydrogen-bond donors (Lipinski definition) is 2. The molecule has 5 heteroatoms. The zero-order valence-electron chi connectivity index (χ0n) is 9.23. The molecule has 0 unspecified atom stereocenters. The fraction of sp³-hybridized carbons (Fsp3) is 0.417. The zero-order valence-corrected chi connectivity index (χ0v) is 9.23. The van der Waals surface area contributed by atoms with E-state index in [0.717, 1.165) is 5.56 Å². The highest BCUT2D eigenvalue weighted by molar-refractivity contribution is 5.64. The first-order valence-corrected chi connectivity index (χ1v) is 5.51. The summed E-state index contributed by atoms with van der Waals surface area (Å²) < 4.78 is 18.3. The second kappa shape index (κ2) is 5.14. The smallest absolute Gasteiger partial charge is 0.404 e. The third-order valence-corrected chi connectivity index (χ3v) is 2.85. The highest BCUT2D eigenvalue weighted by Crippen LogP contribution is 2.28. The molecule has 2 rings (SSSR count). The maximum Gasteiger partial charge on any atom is 0.404 e. The number of carboxylic acid groups (broad SMARTS) is 1. The van der Waals surface area contributed by atoms with Crippen LogP contribution in [0.15, 0.2) is 24.3 Å². The molecule has 92 valence electrons. The summed E-state index contributed by atoms with van der Waals surface area (Å²) in [4.78, 5) is 10.6. The normalized spacial score (nSPS) is 24.3. The van der Waals surface area contributed by atoms with Crippen LogP contribution < -0.4 is 5.32 Å². The van der Waals surface area contributed by atoms with Crippen LogP contribution in [-0.2, 0) is 4.74 Å². The molecule has 1 fully saturated rings. The minimum Gasteiger partial charge on any atom is -0.465 e. The van der Waals surface area contributed by atoms with E-state index < -0.39 is 6.09 Å². The number of rotatable bonds is 2. The summed E-state index contributed by atoms with van der Waals surface area (Å²) in [5.41, 5.74) is 0.878. The SMILES string of the molecule is O=C(O)N[C@@H]1CCO[C@H](c2ccc(F)cc2)C1. The van der Waals surface area contributed by atoms with E-state index in [-0.39, 0.29) is 18.0 Å². The average Bonchev–Trinajstić information content (AvgIpc) is 2.29. The van der Waals surface area contributed by atoms with E-state index in [4.69, 9.17) is 9.84 Å².